The minimum absolute atomic E-state index is 0.0138. The Labute approximate surface area is 182 Å². The summed E-state index contributed by atoms with van der Waals surface area (Å²) in [6, 6.07) is 14.3. The molecule has 0 unspecified atom stereocenters. The van der Waals surface area contributed by atoms with Crippen LogP contribution in [0.3, 0.4) is 0 Å². The lowest BCUT2D eigenvalue weighted by Gasteiger charge is -2.12. The first-order valence-corrected chi connectivity index (χ1v) is 10.6. The van der Waals surface area contributed by atoms with Crippen LogP contribution in [0.15, 0.2) is 74.0 Å². The van der Waals surface area contributed by atoms with Gasteiger partial charge in [-0.15, -0.1) is 11.3 Å². The van der Waals surface area contributed by atoms with E-state index in [2.05, 4.69) is 21.2 Å². The van der Waals surface area contributed by atoms with Gasteiger partial charge in [0.1, 0.15) is 17.1 Å². The second-order valence-electron chi connectivity index (χ2n) is 6.58. The van der Waals surface area contributed by atoms with Crippen molar-refractivity contribution in [2.24, 2.45) is 0 Å². The highest BCUT2D eigenvalue weighted by atomic mass is 79.9. The van der Waals surface area contributed by atoms with E-state index in [-0.39, 0.29) is 19.0 Å². The van der Waals surface area contributed by atoms with Crippen molar-refractivity contribution in [1.82, 2.24) is 9.13 Å². The third kappa shape index (κ3) is 4.12. The zero-order valence-corrected chi connectivity index (χ0v) is 17.9. The van der Waals surface area contributed by atoms with Gasteiger partial charge in [-0.05, 0) is 53.4 Å². The summed E-state index contributed by atoms with van der Waals surface area (Å²) in [5, 5.41) is 4.45. The molecule has 0 radical (unpaired) electrons. The number of nitrogens with zero attached hydrogens (tertiary/aromatic N) is 2. The number of rotatable bonds is 5. The topological polar surface area (TPSA) is 73.1 Å². The number of benzene rings is 2. The molecule has 1 N–H and O–H groups in total. The molecule has 4 aromatic rings. The number of nitrogens with one attached hydrogen (secondary N) is 1. The van der Waals surface area contributed by atoms with E-state index in [4.69, 9.17) is 0 Å². The van der Waals surface area contributed by atoms with E-state index >= 15 is 0 Å². The Morgan fingerprint density at radius 2 is 1.70 bits per heavy atom. The van der Waals surface area contributed by atoms with Crippen molar-refractivity contribution in [2.45, 2.75) is 13.1 Å². The molecule has 0 aliphatic heterocycles. The third-order valence-corrected chi connectivity index (χ3v) is 5.94. The number of amides is 1. The lowest BCUT2D eigenvalue weighted by Crippen LogP contribution is -2.41. The number of thiophene rings is 1. The summed E-state index contributed by atoms with van der Waals surface area (Å²) >= 11 is 4.54. The monoisotopic (exact) mass is 487 g/mol. The van der Waals surface area contributed by atoms with Gasteiger partial charge in [0, 0.05) is 10.2 Å². The fraction of sp³-hybridized carbons (Fsp3) is 0.0952. The van der Waals surface area contributed by atoms with E-state index in [1.54, 1.807) is 35.7 Å². The molecule has 0 bridgehead atoms. The molecular formula is C21H15BrFN3O3S. The fourth-order valence-corrected chi connectivity index (χ4v) is 4.18. The van der Waals surface area contributed by atoms with Crippen molar-refractivity contribution in [3.63, 3.8) is 0 Å². The average molecular weight is 488 g/mol. The van der Waals surface area contributed by atoms with E-state index in [1.165, 1.54) is 40.2 Å². The number of fused-ring (bicyclic) bond motifs is 1. The van der Waals surface area contributed by atoms with E-state index in [9.17, 15) is 18.8 Å². The number of hydrogen-bond donors (Lipinski definition) is 1. The first-order chi connectivity index (χ1) is 14.4. The molecule has 9 heteroatoms. The molecule has 0 saturated heterocycles. The Hall–Kier alpha value is -3.04. The van der Waals surface area contributed by atoms with Gasteiger partial charge in [0.15, 0.2) is 0 Å². The highest BCUT2D eigenvalue weighted by molar-refractivity contribution is 9.10. The summed E-state index contributed by atoms with van der Waals surface area (Å²) in [7, 11) is 0. The molecule has 2 heterocycles. The second kappa shape index (κ2) is 8.37. The van der Waals surface area contributed by atoms with Gasteiger partial charge in [-0.1, -0.05) is 28.1 Å². The molecule has 0 aliphatic carbocycles. The molecule has 152 valence electrons. The van der Waals surface area contributed by atoms with Crippen molar-refractivity contribution in [3.8, 4) is 0 Å². The molecular weight excluding hydrogens is 473 g/mol. The van der Waals surface area contributed by atoms with Crippen LogP contribution in [0.1, 0.15) is 5.56 Å². The smallest absolute Gasteiger partial charge is 0.325 e. The van der Waals surface area contributed by atoms with Crippen LogP contribution in [-0.2, 0) is 17.9 Å². The predicted molar refractivity (Wildman–Crippen MR) is 119 cm³/mol. The predicted octanol–water partition coefficient (Wildman–Crippen LogP) is 3.81. The highest BCUT2D eigenvalue weighted by Gasteiger charge is 2.17. The van der Waals surface area contributed by atoms with Gasteiger partial charge in [0.05, 0.1) is 12.1 Å². The van der Waals surface area contributed by atoms with Gasteiger partial charge < -0.3 is 5.32 Å². The van der Waals surface area contributed by atoms with Gasteiger partial charge in [-0.2, -0.15) is 0 Å². The van der Waals surface area contributed by atoms with Crippen LogP contribution in [0.2, 0.25) is 0 Å². The lowest BCUT2D eigenvalue weighted by molar-refractivity contribution is -0.116. The Bertz CT molecular complexity index is 1340. The molecule has 2 aromatic carbocycles. The normalized spacial score (nSPS) is 11.0. The first-order valence-electron chi connectivity index (χ1n) is 8.93. The standard InChI is InChI=1S/C21H15BrFN3O3S/c22-14-3-7-16(8-4-14)24-18(27)12-25-17-9-10-30-19(17)20(28)26(21(25)29)11-13-1-5-15(23)6-2-13/h1-10H,11-12H2,(H,24,27). The Balaban J connectivity index is 1.70. The van der Waals surface area contributed by atoms with Crippen molar-refractivity contribution >= 4 is 49.1 Å². The minimum atomic E-state index is -0.596. The number of carbonyl (C=O) groups excluding carboxylic acids is 1. The summed E-state index contributed by atoms with van der Waals surface area (Å²) < 4.78 is 16.8. The fourth-order valence-electron chi connectivity index (χ4n) is 3.08. The van der Waals surface area contributed by atoms with Crippen LogP contribution >= 0.6 is 27.3 Å². The molecule has 0 saturated carbocycles. The largest absolute Gasteiger partial charge is 0.332 e. The summed E-state index contributed by atoms with van der Waals surface area (Å²) in [5.41, 5.74) is 0.589. The molecule has 0 fully saturated rings. The Kier molecular flexibility index (Phi) is 5.65. The van der Waals surface area contributed by atoms with Gasteiger partial charge >= 0.3 is 5.69 Å². The lowest BCUT2D eigenvalue weighted by atomic mass is 10.2. The Morgan fingerprint density at radius 3 is 2.40 bits per heavy atom. The molecule has 0 spiro atoms. The van der Waals surface area contributed by atoms with Crippen molar-refractivity contribution < 1.29 is 9.18 Å². The zero-order chi connectivity index (χ0) is 21.3. The van der Waals surface area contributed by atoms with Crippen molar-refractivity contribution in [3.05, 3.63) is 96.7 Å². The summed E-state index contributed by atoms with van der Waals surface area (Å²) in [6.45, 7) is -0.258. The number of carbonyl (C=O) groups is 1. The van der Waals surface area contributed by atoms with E-state index in [0.717, 1.165) is 9.04 Å². The second-order valence-corrected chi connectivity index (χ2v) is 8.41. The van der Waals surface area contributed by atoms with Gasteiger partial charge in [0.2, 0.25) is 5.91 Å². The maximum atomic E-state index is 13.2. The van der Waals surface area contributed by atoms with Crippen LogP contribution in [0.4, 0.5) is 10.1 Å². The first kappa shape index (κ1) is 20.2. The van der Waals surface area contributed by atoms with Gasteiger partial charge in [0.25, 0.3) is 5.56 Å². The number of halogens is 2. The molecule has 0 aliphatic rings. The van der Waals surface area contributed by atoms with E-state index < -0.39 is 17.1 Å². The molecule has 4 rings (SSSR count). The molecule has 2 aromatic heterocycles. The third-order valence-electron chi connectivity index (χ3n) is 4.52. The molecule has 1 amide bonds. The van der Waals surface area contributed by atoms with Crippen LogP contribution < -0.4 is 16.6 Å². The SMILES string of the molecule is O=C(Cn1c(=O)n(Cc2ccc(F)cc2)c(=O)c2sccc21)Nc1ccc(Br)cc1. The summed E-state index contributed by atoms with van der Waals surface area (Å²) in [6.07, 6.45) is 0. The summed E-state index contributed by atoms with van der Waals surface area (Å²) in [4.78, 5) is 38.5. The van der Waals surface area contributed by atoms with Gasteiger partial charge in [-0.3, -0.25) is 18.7 Å². The maximum Gasteiger partial charge on any atom is 0.332 e. The number of anilines is 1. The minimum Gasteiger partial charge on any atom is -0.325 e. The van der Waals surface area contributed by atoms with Crippen LogP contribution in [0, 0.1) is 5.82 Å². The quantitative estimate of drug-likeness (QED) is 0.465. The van der Waals surface area contributed by atoms with E-state index in [0.29, 0.717) is 21.5 Å². The number of aromatic nitrogens is 2. The van der Waals surface area contributed by atoms with Crippen molar-refractivity contribution in [1.29, 1.82) is 0 Å². The molecule has 0 atom stereocenters. The Morgan fingerprint density at radius 1 is 1.00 bits per heavy atom. The van der Waals surface area contributed by atoms with Gasteiger partial charge in [-0.25, -0.2) is 9.18 Å². The zero-order valence-electron chi connectivity index (χ0n) is 15.5. The van der Waals surface area contributed by atoms with Crippen LogP contribution in [-0.4, -0.2) is 15.0 Å². The molecule has 30 heavy (non-hydrogen) atoms. The number of hydrogen-bond acceptors (Lipinski definition) is 4. The molecule has 6 nitrogen and oxygen atoms in total. The van der Waals surface area contributed by atoms with Crippen molar-refractivity contribution in [2.75, 3.05) is 5.32 Å². The maximum absolute atomic E-state index is 13.2. The summed E-state index contributed by atoms with van der Waals surface area (Å²) in [5.74, 6) is -0.791. The van der Waals surface area contributed by atoms with Crippen LogP contribution in [0.5, 0.6) is 0 Å². The highest BCUT2D eigenvalue weighted by Crippen LogP contribution is 2.17. The van der Waals surface area contributed by atoms with Crippen LogP contribution in [0.25, 0.3) is 10.2 Å². The average Bonchev–Trinajstić information content (AvgIpc) is 3.22. The van der Waals surface area contributed by atoms with E-state index in [1.807, 2.05) is 0 Å².